The molecular weight excluding hydrogens is 238 g/mol. The van der Waals surface area contributed by atoms with Gasteiger partial charge in [0.2, 0.25) is 0 Å². The van der Waals surface area contributed by atoms with Gasteiger partial charge in [-0.15, -0.1) is 5.10 Å². The molecule has 18 heavy (non-hydrogen) atoms. The molecule has 7 heteroatoms. The fraction of sp³-hybridized carbons (Fsp3) is 0.0909. The number of aromatic carboxylic acids is 1. The molecule has 0 atom stereocenters. The minimum absolute atomic E-state index is 0.153. The number of aromatic amines is 1. The lowest BCUT2D eigenvalue weighted by atomic mass is 10.1. The predicted octanol–water partition coefficient (Wildman–Crippen LogP) is 1.61. The molecule has 1 aromatic heterocycles. The molecule has 92 valence electrons. The number of hydrogen-bond acceptors (Lipinski definition) is 4. The smallest absolute Gasteiger partial charge is 0.357 e. The molecule has 0 aliphatic carbocycles. The predicted molar refractivity (Wildman–Crippen MR) is 61.4 cm³/mol. The lowest BCUT2D eigenvalue weighted by Crippen LogP contribution is -2.04. The summed E-state index contributed by atoms with van der Waals surface area (Å²) in [5.74, 6) is -1.95. The Balaban J connectivity index is 2.40. The van der Waals surface area contributed by atoms with E-state index in [1.54, 1.807) is 24.3 Å². The first-order valence-corrected chi connectivity index (χ1v) is 5.08. The number of rotatable bonds is 4. The molecule has 0 bridgehead atoms. The Labute approximate surface area is 101 Å². The van der Waals surface area contributed by atoms with Gasteiger partial charge in [0, 0.05) is 6.42 Å². The van der Waals surface area contributed by atoms with Gasteiger partial charge in [0.15, 0.2) is 5.56 Å². The molecule has 0 amide bonds. The highest BCUT2D eigenvalue weighted by Gasteiger charge is 2.27. The number of carboxylic acids is 1. The molecule has 0 saturated carbocycles. The highest BCUT2D eigenvalue weighted by molar-refractivity contribution is 5.93. The van der Waals surface area contributed by atoms with Gasteiger partial charge in [-0.05, 0) is 10.5 Å². The third kappa shape index (κ3) is 2.19. The minimum Gasteiger partial charge on any atom is -0.477 e. The van der Waals surface area contributed by atoms with Crippen molar-refractivity contribution in [3.8, 4) is 0 Å². The monoisotopic (exact) mass is 247 g/mol. The summed E-state index contributed by atoms with van der Waals surface area (Å²) in [6, 6.07) is 9.03. The summed E-state index contributed by atoms with van der Waals surface area (Å²) in [5, 5.41) is 25.5. The van der Waals surface area contributed by atoms with Gasteiger partial charge in [0.25, 0.3) is 0 Å². The lowest BCUT2D eigenvalue weighted by molar-refractivity contribution is -0.389. The van der Waals surface area contributed by atoms with E-state index in [1.807, 2.05) is 6.07 Å². The van der Waals surface area contributed by atoms with Gasteiger partial charge in [-0.25, -0.2) is 4.79 Å². The summed E-state index contributed by atoms with van der Waals surface area (Å²) in [6.07, 6.45) is 0.229. The highest BCUT2D eigenvalue weighted by atomic mass is 16.6. The maximum Gasteiger partial charge on any atom is 0.357 e. The average molecular weight is 247 g/mol. The van der Waals surface area contributed by atoms with Crippen LogP contribution in [0.5, 0.6) is 0 Å². The van der Waals surface area contributed by atoms with Crippen LogP contribution in [0.3, 0.4) is 0 Å². The Bertz CT molecular complexity index is 592. The van der Waals surface area contributed by atoms with Crippen molar-refractivity contribution in [3.05, 3.63) is 57.3 Å². The molecule has 0 unspecified atom stereocenters. The molecule has 2 rings (SSSR count). The fourth-order valence-corrected chi connectivity index (χ4v) is 1.64. The number of nitro groups is 1. The number of nitrogens with zero attached hydrogens (tertiary/aromatic N) is 2. The quantitative estimate of drug-likeness (QED) is 0.630. The zero-order valence-corrected chi connectivity index (χ0v) is 9.16. The molecule has 0 spiro atoms. The van der Waals surface area contributed by atoms with Crippen molar-refractivity contribution >= 4 is 11.8 Å². The van der Waals surface area contributed by atoms with Crippen LogP contribution in [0.2, 0.25) is 0 Å². The molecule has 0 saturated heterocycles. The van der Waals surface area contributed by atoms with E-state index in [-0.39, 0.29) is 17.7 Å². The molecule has 0 fully saturated rings. The third-order valence-corrected chi connectivity index (χ3v) is 2.43. The maximum atomic E-state index is 11.0. The summed E-state index contributed by atoms with van der Waals surface area (Å²) in [7, 11) is 0. The van der Waals surface area contributed by atoms with Gasteiger partial charge in [-0.1, -0.05) is 35.4 Å². The average Bonchev–Trinajstić information content (AvgIpc) is 2.74. The first-order valence-electron chi connectivity index (χ1n) is 5.08. The van der Waals surface area contributed by atoms with Crippen molar-refractivity contribution in [3.63, 3.8) is 0 Å². The van der Waals surface area contributed by atoms with Crippen molar-refractivity contribution in [1.82, 2.24) is 10.2 Å². The lowest BCUT2D eigenvalue weighted by Gasteiger charge is -1.98. The molecule has 0 aliphatic rings. The molecule has 0 aliphatic heterocycles. The van der Waals surface area contributed by atoms with Crippen molar-refractivity contribution in [2.24, 2.45) is 0 Å². The van der Waals surface area contributed by atoms with Crippen LogP contribution in [0.25, 0.3) is 0 Å². The summed E-state index contributed by atoms with van der Waals surface area (Å²) < 4.78 is 0. The Kier molecular flexibility index (Phi) is 3.05. The van der Waals surface area contributed by atoms with E-state index >= 15 is 0 Å². The molecule has 2 aromatic rings. The van der Waals surface area contributed by atoms with Crippen molar-refractivity contribution < 1.29 is 14.8 Å². The summed E-state index contributed by atoms with van der Waals surface area (Å²) in [5.41, 5.74) is 0.602. The zero-order valence-electron chi connectivity index (χ0n) is 9.16. The van der Waals surface area contributed by atoms with Crippen molar-refractivity contribution in [1.29, 1.82) is 0 Å². The Morgan fingerprint density at radius 1 is 1.39 bits per heavy atom. The van der Waals surface area contributed by atoms with Gasteiger partial charge < -0.3 is 15.2 Å². The minimum atomic E-state index is -1.36. The molecule has 1 heterocycles. The summed E-state index contributed by atoms with van der Waals surface area (Å²) in [4.78, 5) is 20.9. The van der Waals surface area contributed by atoms with E-state index in [2.05, 4.69) is 10.2 Å². The molecule has 2 N–H and O–H groups in total. The van der Waals surface area contributed by atoms with Crippen molar-refractivity contribution in [2.45, 2.75) is 6.42 Å². The van der Waals surface area contributed by atoms with Crippen molar-refractivity contribution in [2.75, 3.05) is 0 Å². The van der Waals surface area contributed by atoms with Crippen LogP contribution in [-0.2, 0) is 6.42 Å². The van der Waals surface area contributed by atoms with Crippen LogP contribution in [-0.4, -0.2) is 26.2 Å². The zero-order chi connectivity index (χ0) is 13.1. The van der Waals surface area contributed by atoms with Crippen LogP contribution in [0.1, 0.15) is 21.6 Å². The van der Waals surface area contributed by atoms with Crippen LogP contribution in [0.4, 0.5) is 5.82 Å². The first kappa shape index (κ1) is 11.8. The Morgan fingerprint density at radius 2 is 2.06 bits per heavy atom. The second-order valence-electron chi connectivity index (χ2n) is 3.62. The number of hydrogen-bond donors (Lipinski definition) is 2. The summed E-state index contributed by atoms with van der Waals surface area (Å²) >= 11 is 0. The third-order valence-electron chi connectivity index (χ3n) is 2.43. The summed E-state index contributed by atoms with van der Waals surface area (Å²) in [6.45, 7) is 0. The standard InChI is InChI=1S/C11H9N3O4/c15-11(16)9-8(12-13-10(9)14(17)18)6-7-4-2-1-3-5-7/h1-5H,6H2,(H,12,13)(H,15,16). The molecule has 0 radical (unpaired) electrons. The van der Waals surface area contributed by atoms with E-state index in [0.29, 0.717) is 0 Å². The molecular formula is C11H9N3O4. The van der Waals surface area contributed by atoms with Gasteiger partial charge >= 0.3 is 11.8 Å². The number of H-pyrrole nitrogens is 1. The molecule has 7 nitrogen and oxygen atoms in total. The van der Waals surface area contributed by atoms with Crippen LogP contribution >= 0.6 is 0 Å². The van der Waals surface area contributed by atoms with Crippen LogP contribution < -0.4 is 0 Å². The highest BCUT2D eigenvalue weighted by Crippen LogP contribution is 2.21. The normalized spacial score (nSPS) is 10.2. The van der Waals surface area contributed by atoms with E-state index < -0.39 is 16.7 Å². The van der Waals surface area contributed by atoms with Crippen LogP contribution in [0.15, 0.2) is 30.3 Å². The van der Waals surface area contributed by atoms with Gasteiger partial charge in [0.1, 0.15) is 5.69 Å². The SMILES string of the molecule is O=C(O)c1c(Cc2ccccc2)n[nH]c1[N+](=O)[O-]. The first-order chi connectivity index (χ1) is 8.59. The maximum absolute atomic E-state index is 11.0. The largest absolute Gasteiger partial charge is 0.477 e. The Hall–Kier alpha value is -2.70. The number of carbonyl (C=O) groups is 1. The second-order valence-corrected chi connectivity index (χ2v) is 3.62. The van der Waals surface area contributed by atoms with E-state index in [9.17, 15) is 14.9 Å². The second kappa shape index (κ2) is 4.66. The van der Waals surface area contributed by atoms with E-state index in [0.717, 1.165) is 5.56 Å². The van der Waals surface area contributed by atoms with Crippen LogP contribution in [0, 0.1) is 10.1 Å². The van der Waals surface area contributed by atoms with E-state index in [1.165, 1.54) is 0 Å². The number of carboxylic acid groups (broad SMARTS) is 1. The molecule has 1 aromatic carbocycles. The number of benzene rings is 1. The fourth-order valence-electron chi connectivity index (χ4n) is 1.64. The van der Waals surface area contributed by atoms with Gasteiger partial charge in [-0.2, -0.15) is 0 Å². The number of nitrogens with one attached hydrogen (secondary N) is 1. The van der Waals surface area contributed by atoms with Gasteiger partial charge in [0.05, 0.1) is 0 Å². The van der Waals surface area contributed by atoms with Gasteiger partial charge in [-0.3, -0.25) is 0 Å². The Morgan fingerprint density at radius 3 is 2.61 bits per heavy atom. The van der Waals surface area contributed by atoms with E-state index in [4.69, 9.17) is 5.11 Å². The topological polar surface area (TPSA) is 109 Å². The number of aromatic nitrogens is 2.